The second kappa shape index (κ2) is 7.78. The number of benzene rings is 2. The Balaban J connectivity index is 1.63. The van der Waals surface area contributed by atoms with Gasteiger partial charge in [0.15, 0.2) is 0 Å². The van der Waals surface area contributed by atoms with Crippen LogP contribution in [0, 0.1) is 0 Å². The first kappa shape index (κ1) is 17.6. The minimum Gasteiger partial charge on any atom is -0.387 e. The van der Waals surface area contributed by atoms with E-state index in [4.69, 9.17) is 5.73 Å². The van der Waals surface area contributed by atoms with E-state index in [9.17, 15) is 9.90 Å². The predicted molar refractivity (Wildman–Crippen MR) is 97.4 cm³/mol. The van der Waals surface area contributed by atoms with Crippen LogP contribution in [0.5, 0.6) is 0 Å². The van der Waals surface area contributed by atoms with E-state index in [1.807, 2.05) is 72.5 Å². The molecule has 0 bridgehead atoms. The quantitative estimate of drug-likeness (QED) is 0.750. The summed E-state index contributed by atoms with van der Waals surface area (Å²) in [4.78, 5) is 14.6. The highest BCUT2D eigenvalue weighted by Gasteiger charge is 2.38. The molecule has 1 fully saturated rings. The van der Waals surface area contributed by atoms with Crippen LogP contribution in [0.2, 0.25) is 0 Å². The molecule has 0 aromatic heterocycles. The lowest BCUT2D eigenvalue weighted by Gasteiger charge is -2.22. The van der Waals surface area contributed by atoms with Crippen molar-refractivity contribution in [3.05, 3.63) is 71.8 Å². The minimum absolute atomic E-state index is 0.0343. The van der Waals surface area contributed by atoms with Crippen LogP contribution in [-0.2, 0) is 11.3 Å². The fourth-order valence-corrected chi connectivity index (χ4v) is 3.31. The van der Waals surface area contributed by atoms with Gasteiger partial charge in [-0.1, -0.05) is 60.7 Å². The van der Waals surface area contributed by atoms with Crippen molar-refractivity contribution in [1.82, 2.24) is 10.2 Å². The Bertz CT molecular complexity index is 693. The molecule has 4 atom stereocenters. The molecule has 132 valence electrons. The number of carbonyl (C=O) groups excluding carboxylic acids is 1. The van der Waals surface area contributed by atoms with Crippen LogP contribution in [0.25, 0.3) is 0 Å². The van der Waals surface area contributed by atoms with Gasteiger partial charge in [0.1, 0.15) is 0 Å². The first-order valence-corrected chi connectivity index (χ1v) is 8.65. The molecule has 4 N–H and O–H groups in total. The van der Waals surface area contributed by atoms with Gasteiger partial charge in [-0.2, -0.15) is 0 Å². The molecule has 1 saturated heterocycles. The van der Waals surface area contributed by atoms with Gasteiger partial charge < -0.3 is 15.7 Å². The molecule has 1 aliphatic rings. The van der Waals surface area contributed by atoms with Crippen molar-refractivity contribution in [2.45, 2.75) is 44.2 Å². The summed E-state index contributed by atoms with van der Waals surface area (Å²) in [6, 6.07) is 18.4. The van der Waals surface area contributed by atoms with Crippen molar-refractivity contribution in [2.24, 2.45) is 5.73 Å². The number of carbonyl (C=O) groups is 1. The van der Waals surface area contributed by atoms with Crippen molar-refractivity contribution in [3.63, 3.8) is 0 Å². The molecule has 2 aromatic rings. The fraction of sp³-hybridized carbons (Fsp3) is 0.350. The molecular formula is C20H25N3O2. The lowest BCUT2D eigenvalue weighted by Crippen LogP contribution is -2.39. The Morgan fingerprint density at radius 1 is 1.12 bits per heavy atom. The monoisotopic (exact) mass is 339 g/mol. The van der Waals surface area contributed by atoms with Crippen molar-refractivity contribution >= 4 is 5.91 Å². The molecule has 0 saturated carbocycles. The Morgan fingerprint density at radius 3 is 2.36 bits per heavy atom. The topological polar surface area (TPSA) is 78.6 Å². The van der Waals surface area contributed by atoms with E-state index < -0.39 is 12.1 Å². The first-order chi connectivity index (χ1) is 12.1. The second-order valence-electron chi connectivity index (χ2n) is 6.60. The van der Waals surface area contributed by atoms with E-state index in [0.29, 0.717) is 13.0 Å². The number of amides is 1. The third-order valence-electron chi connectivity index (χ3n) is 4.74. The summed E-state index contributed by atoms with van der Waals surface area (Å²) in [6.07, 6.45) is -0.446. The maximum absolute atomic E-state index is 12.7. The lowest BCUT2D eigenvalue weighted by atomic mass is 9.97. The first-order valence-electron chi connectivity index (χ1n) is 8.65. The minimum atomic E-state index is -0.783. The molecule has 0 radical (unpaired) electrons. The smallest absolute Gasteiger partial charge is 0.241 e. The normalized spacial score (nSPS) is 22.8. The zero-order valence-electron chi connectivity index (χ0n) is 14.4. The number of aliphatic hydroxyl groups excluding tert-OH is 1. The molecule has 0 spiro atoms. The average molecular weight is 339 g/mol. The van der Waals surface area contributed by atoms with Crippen LogP contribution in [0.4, 0.5) is 0 Å². The van der Waals surface area contributed by atoms with Gasteiger partial charge in [-0.3, -0.25) is 10.1 Å². The van der Waals surface area contributed by atoms with E-state index in [-0.39, 0.29) is 18.1 Å². The maximum Gasteiger partial charge on any atom is 0.241 e. The lowest BCUT2D eigenvalue weighted by molar-refractivity contribution is -0.130. The van der Waals surface area contributed by atoms with Crippen LogP contribution >= 0.6 is 0 Å². The number of aliphatic hydroxyl groups is 1. The fourth-order valence-electron chi connectivity index (χ4n) is 3.31. The van der Waals surface area contributed by atoms with Crippen LogP contribution in [0.3, 0.4) is 0 Å². The van der Waals surface area contributed by atoms with Gasteiger partial charge in [0.05, 0.1) is 18.3 Å². The molecule has 1 amide bonds. The molecule has 5 heteroatoms. The Morgan fingerprint density at radius 2 is 1.72 bits per heavy atom. The van der Waals surface area contributed by atoms with Gasteiger partial charge in [0.25, 0.3) is 0 Å². The van der Waals surface area contributed by atoms with Crippen molar-refractivity contribution < 1.29 is 9.90 Å². The molecule has 1 aliphatic heterocycles. The van der Waals surface area contributed by atoms with Gasteiger partial charge in [0.2, 0.25) is 5.91 Å². The molecule has 0 aliphatic carbocycles. The number of nitrogens with two attached hydrogens (primary N) is 1. The van der Waals surface area contributed by atoms with E-state index in [2.05, 4.69) is 5.32 Å². The van der Waals surface area contributed by atoms with Crippen LogP contribution in [0.1, 0.15) is 30.6 Å². The van der Waals surface area contributed by atoms with Crippen LogP contribution in [-0.4, -0.2) is 34.2 Å². The molecule has 2 aromatic carbocycles. The van der Waals surface area contributed by atoms with Crippen molar-refractivity contribution in [1.29, 1.82) is 0 Å². The second-order valence-corrected chi connectivity index (χ2v) is 6.60. The zero-order valence-corrected chi connectivity index (χ0v) is 14.4. The molecule has 5 nitrogen and oxygen atoms in total. The molecular weight excluding hydrogens is 314 g/mol. The van der Waals surface area contributed by atoms with Gasteiger partial charge >= 0.3 is 0 Å². The Hall–Kier alpha value is -2.21. The van der Waals surface area contributed by atoms with Crippen molar-refractivity contribution in [2.75, 3.05) is 0 Å². The molecule has 3 unspecified atom stereocenters. The summed E-state index contributed by atoms with van der Waals surface area (Å²) in [5.74, 6) is 0.0343. The highest BCUT2D eigenvalue weighted by molar-refractivity contribution is 5.84. The average Bonchev–Trinajstić information content (AvgIpc) is 2.90. The van der Waals surface area contributed by atoms with E-state index in [1.54, 1.807) is 0 Å². The maximum atomic E-state index is 12.7. The number of hydrogen-bond donors (Lipinski definition) is 3. The largest absolute Gasteiger partial charge is 0.387 e. The Labute approximate surface area is 148 Å². The third kappa shape index (κ3) is 4.07. The summed E-state index contributed by atoms with van der Waals surface area (Å²) in [7, 11) is 0. The molecule has 3 rings (SSSR count). The number of hydrogen-bond acceptors (Lipinski definition) is 4. The number of rotatable bonds is 6. The summed E-state index contributed by atoms with van der Waals surface area (Å²) in [6.45, 7) is 2.54. The molecule has 1 heterocycles. The number of nitrogens with one attached hydrogen (secondary N) is 1. The predicted octanol–water partition coefficient (Wildman–Crippen LogP) is 1.78. The van der Waals surface area contributed by atoms with Gasteiger partial charge in [-0.05, 0) is 24.5 Å². The van der Waals surface area contributed by atoms with E-state index in [1.165, 1.54) is 0 Å². The van der Waals surface area contributed by atoms with Crippen molar-refractivity contribution in [3.8, 4) is 0 Å². The van der Waals surface area contributed by atoms with E-state index >= 15 is 0 Å². The summed E-state index contributed by atoms with van der Waals surface area (Å²) in [5, 5.41) is 13.7. The summed E-state index contributed by atoms with van der Waals surface area (Å²) < 4.78 is 0. The van der Waals surface area contributed by atoms with Crippen LogP contribution < -0.4 is 11.1 Å². The zero-order chi connectivity index (χ0) is 17.8. The summed E-state index contributed by atoms with van der Waals surface area (Å²) in [5.41, 5.74) is 8.04. The SMILES string of the molecule is CC1NC(C[C@H](N)C(O)c2ccccc2)C(=O)N1Cc1ccccc1. The van der Waals surface area contributed by atoms with Gasteiger partial charge in [-0.25, -0.2) is 0 Å². The highest BCUT2D eigenvalue weighted by atomic mass is 16.3. The molecule has 25 heavy (non-hydrogen) atoms. The van der Waals surface area contributed by atoms with Crippen LogP contribution in [0.15, 0.2) is 60.7 Å². The summed E-state index contributed by atoms with van der Waals surface area (Å²) >= 11 is 0. The highest BCUT2D eigenvalue weighted by Crippen LogP contribution is 2.22. The standard InChI is InChI=1S/C20H25N3O2/c1-14-22-18(12-17(21)19(24)16-10-6-3-7-11-16)20(25)23(14)13-15-8-4-2-5-9-15/h2-11,14,17-19,22,24H,12-13,21H2,1H3/t14?,17-,18?,19?/m0/s1. The van der Waals surface area contributed by atoms with E-state index in [0.717, 1.165) is 11.1 Å². The Kier molecular flexibility index (Phi) is 5.48. The number of nitrogens with zero attached hydrogens (tertiary/aromatic N) is 1. The van der Waals surface area contributed by atoms with Gasteiger partial charge in [0, 0.05) is 12.6 Å². The van der Waals surface area contributed by atoms with Gasteiger partial charge in [-0.15, -0.1) is 0 Å². The third-order valence-corrected chi connectivity index (χ3v) is 4.74.